The monoisotopic (exact) mass is 250 g/mol. The third-order valence-corrected chi connectivity index (χ3v) is 3.29. The largest absolute Gasteiger partial charge is 0.378 e. The molecule has 2 heteroatoms. The topological polar surface area (TPSA) is 35.8 Å². The summed E-state index contributed by atoms with van der Waals surface area (Å²) in [6.45, 7) is 6.34. The molecule has 0 heterocycles. The Kier molecular flexibility index (Phi) is 3.87. The molecule has 2 nitrogen and oxygen atoms in total. The number of aryl methyl sites for hydroxylation is 2. The first-order chi connectivity index (χ1) is 9.10. The van der Waals surface area contributed by atoms with Gasteiger partial charge in [-0.25, -0.2) is 0 Å². The number of nitriles is 1. The van der Waals surface area contributed by atoms with Crippen molar-refractivity contribution < 1.29 is 0 Å². The van der Waals surface area contributed by atoms with Gasteiger partial charge in [-0.1, -0.05) is 29.8 Å². The highest BCUT2D eigenvalue weighted by Gasteiger charge is 2.07. The van der Waals surface area contributed by atoms with E-state index < -0.39 is 0 Å². The van der Waals surface area contributed by atoms with Crippen molar-refractivity contribution in [3.63, 3.8) is 0 Å². The van der Waals surface area contributed by atoms with Crippen LogP contribution in [0.1, 0.15) is 35.2 Å². The lowest BCUT2D eigenvalue weighted by Gasteiger charge is -2.18. The van der Waals surface area contributed by atoms with Crippen molar-refractivity contribution >= 4 is 5.69 Å². The van der Waals surface area contributed by atoms with Gasteiger partial charge in [-0.05, 0) is 50.1 Å². The lowest BCUT2D eigenvalue weighted by molar-refractivity contribution is 0.882. The number of benzene rings is 2. The molecule has 96 valence electrons. The third kappa shape index (κ3) is 3.14. The van der Waals surface area contributed by atoms with Crippen LogP contribution >= 0.6 is 0 Å². The Labute approximate surface area is 114 Å². The van der Waals surface area contributed by atoms with Crippen LogP contribution in [-0.2, 0) is 0 Å². The van der Waals surface area contributed by atoms with Crippen LogP contribution in [0.2, 0.25) is 0 Å². The number of rotatable bonds is 3. The molecule has 0 bridgehead atoms. The number of nitrogens with one attached hydrogen (secondary N) is 1. The van der Waals surface area contributed by atoms with Gasteiger partial charge < -0.3 is 5.32 Å². The van der Waals surface area contributed by atoms with Gasteiger partial charge in [-0.15, -0.1) is 0 Å². The maximum atomic E-state index is 8.80. The molecule has 0 aliphatic carbocycles. The molecule has 0 radical (unpaired) electrons. The van der Waals surface area contributed by atoms with Crippen molar-refractivity contribution in [2.45, 2.75) is 26.8 Å². The molecule has 0 spiro atoms. The van der Waals surface area contributed by atoms with Crippen LogP contribution in [0.5, 0.6) is 0 Å². The average molecular weight is 250 g/mol. The van der Waals surface area contributed by atoms with Crippen LogP contribution in [0.25, 0.3) is 0 Å². The molecule has 2 aromatic carbocycles. The normalized spacial score (nSPS) is 11.7. The Morgan fingerprint density at radius 2 is 1.74 bits per heavy atom. The highest BCUT2D eigenvalue weighted by molar-refractivity contribution is 5.53. The minimum absolute atomic E-state index is 0.217. The second kappa shape index (κ2) is 5.58. The van der Waals surface area contributed by atoms with Crippen LogP contribution in [0.4, 0.5) is 5.69 Å². The van der Waals surface area contributed by atoms with Gasteiger partial charge in [-0.3, -0.25) is 0 Å². The molecular weight excluding hydrogens is 232 g/mol. The molecule has 1 atom stereocenters. The maximum absolute atomic E-state index is 8.80. The molecule has 0 aliphatic heterocycles. The van der Waals surface area contributed by atoms with E-state index >= 15 is 0 Å². The number of nitrogens with zero attached hydrogens (tertiary/aromatic N) is 1. The van der Waals surface area contributed by atoms with E-state index in [4.69, 9.17) is 5.26 Å². The van der Waals surface area contributed by atoms with Gasteiger partial charge in [0.05, 0.1) is 11.6 Å². The quantitative estimate of drug-likeness (QED) is 0.879. The molecular formula is C17H18N2. The van der Waals surface area contributed by atoms with Gasteiger partial charge in [0.25, 0.3) is 0 Å². The summed E-state index contributed by atoms with van der Waals surface area (Å²) < 4.78 is 0. The van der Waals surface area contributed by atoms with E-state index in [1.165, 1.54) is 16.7 Å². The predicted molar refractivity (Wildman–Crippen MR) is 79.1 cm³/mol. The standard InChI is InChI=1S/C17H18N2/c1-12-4-9-17(13(2)10-12)19-14(3)16-7-5-15(11-18)6-8-16/h4-10,14,19H,1-3H3. The summed E-state index contributed by atoms with van der Waals surface area (Å²) in [5.41, 5.74) is 5.55. The highest BCUT2D eigenvalue weighted by Crippen LogP contribution is 2.23. The van der Waals surface area contributed by atoms with E-state index in [1.807, 2.05) is 24.3 Å². The first kappa shape index (κ1) is 13.2. The molecule has 1 N–H and O–H groups in total. The lowest BCUT2D eigenvalue weighted by Crippen LogP contribution is -2.07. The van der Waals surface area contributed by atoms with Gasteiger partial charge in [-0.2, -0.15) is 5.26 Å². The Bertz CT molecular complexity index is 606. The molecule has 19 heavy (non-hydrogen) atoms. The fourth-order valence-electron chi connectivity index (χ4n) is 2.14. The highest BCUT2D eigenvalue weighted by atomic mass is 14.9. The molecule has 0 saturated heterocycles. The van der Waals surface area contributed by atoms with Crippen molar-refractivity contribution in [2.24, 2.45) is 0 Å². The van der Waals surface area contributed by atoms with Crippen molar-refractivity contribution in [1.82, 2.24) is 0 Å². The Morgan fingerprint density at radius 3 is 2.32 bits per heavy atom. The fourth-order valence-corrected chi connectivity index (χ4v) is 2.14. The Hall–Kier alpha value is -2.27. The van der Waals surface area contributed by atoms with Gasteiger partial charge in [0, 0.05) is 11.7 Å². The summed E-state index contributed by atoms with van der Waals surface area (Å²) in [5.74, 6) is 0. The summed E-state index contributed by atoms with van der Waals surface area (Å²) in [7, 11) is 0. The molecule has 0 aliphatic rings. The Balaban J connectivity index is 2.16. The first-order valence-corrected chi connectivity index (χ1v) is 6.44. The molecule has 1 unspecified atom stereocenters. The number of hydrogen-bond donors (Lipinski definition) is 1. The average Bonchev–Trinajstić information content (AvgIpc) is 2.42. The smallest absolute Gasteiger partial charge is 0.0991 e. The van der Waals surface area contributed by atoms with Crippen LogP contribution in [-0.4, -0.2) is 0 Å². The molecule has 0 amide bonds. The maximum Gasteiger partial charge on any atom is 0.0991 e. The summed E-state index contributed by atoms with van der Waals surface area (Å²) in [5, 5.41) is 12.3. The third-order valence-electron chi connectivity index (χ3n) is 3.29. The van der Waals surface area contributed by atoms with Crippen molar-refractivity contribution in [2.75, 3.05) is 5.32 Å². The molecule has 2 rings (SSSR count). The van der Waals surface area contributed by atoms with Crippen LogP contribution < -0.4 is 5.32 Å². The fraction of sp³-hybridized carbons (Fsp3) is 0.235. The SMILES string of the molecule is Cc1ccc(NC(C)c2ccc(C#N)cc2)c(C)c1. The van der Waals surface area contributed by atoms with Gasteiger partial charge >= 0.3 is 0 Å². The van der Waals surface area contributed by atoms with Gasteiger partial charge in [0.1, 0.15) is 0 Å². The number of hydrogen-bond acceptors (Lipinski definition) is 2. The zero-order valence-electron chi connectivity index (χ0n) is 11.6. The van der Waals surface area contributed by atoms with Crippen LogP contribution in [0.3, 0.4) is 0 Å². The lowest BCUT2D eigenvalue weighted by atomic mass is 10.0. The van der Waals surface area contributed by atoms with E-state index in [1.54, 1.807) is 0 Å². The molecule has 0 fully saturated rings. The predicted octanol–water partition coefficient (Wildman–Crippen LogP) is 4.35. The first-order valence-electron chi connectivity index (χ1n) is 6.44. The van der Waals surface area contributed by atoms with Crippen molar-refractivity contribution in [1.29, 1.82) is 5.26 Å². The minimum Gasteiger partial charge on any atom is -0.378 e. The summed E-state index contributed by atoms with van der Waals surface area (Å²) >= 11 is 0. The second-order valence-corrected chi connectivity index (χ2v) is 4.92. The zero-order chi connectivity index (χ0) is 13.8. The molecule has 2 aromatic rings. The second-order valence-electron chi connectivity index (χ2n) is 4.92. The van der Waals surface area contributed by atoms with Gasteiger partial charge in [0.2, 0.25) is 0 Å². The number of anilines is 1. The van der Waals surface area contributed by atoms with Crippen LogP contribution in [0.15, 0.2) is 42.5 Å². The van der Waals surface area contributed by atoms with E-state index in [-0.39, 0.29) is 6.04 Å². The van der Waals surface area contributed by atoms with Crippen molar-refractivity contribution in [3.8, 4) is 6.07 Å². The summed E-state index contributed by atoms with van der Waals surface area (Å²) in [4.78, 5) is 0. The molecule has 0 saturated carbocycles. The summed E-state index contributed by atoms with van der Waals surface area (Å²) in [6.07, 6.45) is 0. The zero-order valence-corrected chi connectivity index (χ0v) is 11.6. The Morgan fingerprint density at radius 1 is 1.05 bits per heavy atom. The van der Waals surface area contributed by atoms with Gasteiger partial charge in [0.15, 0.2) is 0 Å². The van der Waals surface area contributed by atoms with Crippen molar-refractivity contribution in [3.05, 3.63) is 64.7 Å². The van der Waals surface area contributed by atoms with Crippen LogP contribution in [0, 0.1) is 25.2 Å². The van der Waals surface area contributed by atoms with E-state index in [0.29, 0.717) is 5.56 Å². The van der Waals surface area contributed by atoms with E-state index in [0.717, 1.165) is 5.69 Å². The van der Waals surface area contributed by atoms with E-state index in [9.17, 15) is 0 Å². The minimum atomic E-state index is 0.217. The van der Waals surface area contributed by atoms with E-state index in [2.05, 4.69) is 50.4 Å². The summed E-state index contributed by atoms with van der Waals surface area (Å²) in [6, 6.07) is 16.5. The molecule has 0 aromatic heterocycles.